The van der Waals surface area contributed by atoms with Crippen molar-refractivity contribution in [2.45, 2.75) is 50.7 Å². The van der Waals surface area contributed by atoms with Gasteiger partial charge in [0.15, 0.2) is 0 Å². The molecular formula is C29H33Cl2N3O5S. The number of methoxy groups -OCH3 is 1. The number of amides is 2. The number of hydrogen-bond donors (Lipinski definition) is 1. The fourth-order valence-corrected chi connectivity index (χ4v) is 5.77. The van der Waals surface area contributed by atoms with Crippen molar-refractivity contribution in [3.05, 3.63) is 88.4 Å². The van der Waals surface area contributed by atoms with Crippen molar-refractivity contribution >= 4 is 50.7 Å². The number of carbonyl (C=O) groups excluding carboxylic acids is 2. The summed E-state index contributed by atoms with van der Waals surface area (Å²) >= 11 is 12.5. The van der Waals surface area contributed by atoms with E-state index in [0.717, 1.165) is 4.31 Å². The van der Waals surface area contributed by atoms with Crippen LogP contribution >= 0.6 is 23.2 Å². The van der Waals surface area contributed by atoms with Crippen LogP contribution in [0.2, 0.25) is 10.0 Å². The van der Waals surface area contributed by atoms with Crippen molar-refractivity contribution in [1.29, 1.82) is 0 Å². The Hall–Kier alpha value is -3.27. The normalized spacial score (nSPS) is 12.4. The van der Waals surface area contributed by atoms with Gasteiger partial charge in [-0.25, -0.2) is 8.42 Å². The molecule has 1 N–H and O–H groups in total. The molecule has 0 fully saturated rings. The Kier molecular flexibility index (Phi) is 10.1. The number of benzene rings is 3. The third kappa shape index (κ3) is 7.90. The second-order valence-electron chi connectivity index (χ2n) is 10.2. The molecule has 40 heavy (non-hydrogen) atoms. The molecule has 214 valence electrons. The average molecular weight is 607 g/mol. The number of anilines is 1. The maximum absolute atomic E-state index is 14.0. The predicted molar refractivity (Wildman–Crippen MR) is 158 cm³/mol. The molecule has 0 saturated carbocycles. The van der Waals surface area contributed by atoms with Crippen molar-refractivity contribution in [3.8, 4) is 5.75 Å². The van der Waals surface area contributed by atoms with E-state index in [1.165, 1.54) is 36.3 Å². The third-order valence-corrected chi connectivity index (χ3v) is 8.37. The Morgan fingerprint density at radius 1 is 0.975 bits per heavy atom. The highest BCUT2D eigenvalue weighted by atomic mass is 35.5. The molecule has 3 aromatic carbocycles. The number of nitrogens with zero attached hydrogens (tertiary/aromatic N) is 2. The van der Waals surface area contributed by atoms with E-state index in [9.17, 15) is 18.0 Å². The van der Waals surface area contributed by atoms with Crippen LogP contribution in [0.4, 0.5) is 5.69 Å². The fraction of sp³-hybridized carbons (Fsp3) is 0.310. The zero-order valence-electron chi connectivity index (χ0n) is 23.0. The van der Waals surface area contributed by atoms with Gasteiger partial charge in [-0.15, -0.1) is 0 Å². The Morgan fingerprint density at radius 2 is 1.60 bits per heavy atom. The van der Waals surface area contributed by atoms with Crippen LogP contribution in [0.1, 0.15) is 33.3 Å². The summed E-state index contributed by atoms with van der Waals surface area (Å²) in [6.07, 6.45) is 0. The zero-order chi connectivity index (χ0) is 29.7. The van der Waals surface area contributed by atoms with E-state index in [4.69, 9.17) is 27.9 Å². The van der Waals surface area contributed by atoms with E-state index in [1.54, 1.807) is 55.5 Å². The fourth-order valence-electron chi connectivity index (χ4n) is 3.89. The maximum atomic E-state index is 14.0. The number of rotatable bonds is 10. The van der Waals surface area contributed by atoms with Crippen molar-refractivity contribution in [1.82, 2.24) is 10.2 Å². The number of hydrogen-bond acceptors (Lipinski definition) is 5. The SMILES string of the molecule is COc1ccc(S(=O)(=O)N(CC(=O)N(Cc2ccc(Cl)cc2Cl)[C@@H](C)C(=O)NC(C)(C)C)c2ccccc2)cc1. The number of ether oxygens (including phenoxy) is 1. The topological polar surface area (TPSA) is 96.0 Å². The van der Waals surface area contributed by atoms with Gasteiger partial charge in [0.1, 0.15) is 18.3 Å². The highest BCUT2D eigenvalue weighted by molar-refractivity contribution is 7.92. The summed E-state index contributed by atoms with van der Waals surface area (Å²) in [4.78, 5) is 28.4. The first-order valence-corrected chi connectivity index (χ1v) is 14.7. The summed E-state index contributed by atoms with van der Waals surface area (Å²) in [5.74, 6) is -0.496. The lowest BCUT2D eigenvalue weighted by molar-refractivity contribution is -0.140. The Bertz CT molecular complexity index is 1440. The van der Waals surface area contributed by atoms with E-state index >= 15 is 0 Å². The molecule has 11 heteroatoms. The smallest absolute Gasteiger partial charge is 0.264 e. The van der Waals surface area contributed by atoms with E-state index in [0.29, 0.717) is 27.0 Å². The van der Waals surface area contributed by atoms with Gasteiger partial charge in [-0.3, -0.25) is 13.9 Å². The van der Waals surface area contributed by atoms with Crippen molar-refractivity contribution in [2.24, 2.45) is 0 Å². The van der Waals surface area contributed by atoms with Gasteiger partial charge in [-0.1, -0.05) is 47.5 Å². The Labute approximate surface area is 245 Å². The van der Waals surface area contributed by atoms with Crippen LogP contribution in [0.15, 0.2) is 77.7 Å². The molecular weight excluding hydrogens is 573 g/mol. The minimum atomic E-state index is -4.18. The largest absolute Gasteiger partial charge is 0.497 e. The number of carbonyl (C=O) groups is 2. The number of nitrogens with one attached hydrogen (secondary N) is 1. The van der Waals surface area contributed by atoms with Crippen LogP contribution in [0.5, 0.6) is 5.75 Å². The van der Waals surface area contributed by atoms with E-state index in [-0.39, 0.29) is 11.4 Å². The van der Waals surface area contributed by atoms with Gasteiger partial charge in [0.05, 0.1) is 17.7 Å². The summed E-state index contributed by atoms with van der Waals surface area (Å²) in [5.41, 5.74) is 0.299. The molecule has 0 aliphatic rings. The molecule has 0 aromatic heterocycles. The van der Waals surface area contributed by atoms with E-state index in [1.807, 2.05) is 20.8 Å². The minimum Gasteiger partial charge on any atom is -0.497 e. The summed E-state index contributed by atoms with van der Waals surface area (Å²) in [6.45, 7) is 6.48. The summed E-state index contributed by atoms with van der Waals surface area (Å²) in [7, 11) is -2.70. The average Bonchev–Trinajstić information content (AvgIpc) is 2.90. The van der Waals surface area contributed by atoms with E-state index in [2.05, 4.69) is 5.32 Å². The van der Waals surface area contributed by atoms with Crippen LogP contribution in [-0.2, 0) is 26.2 Å². The van der Waals surface area contributed by atoms with Gasteiger partial charge in [-0.05, 0) is 81.8 Å². The van der Waals surface area contributed by atoms with Gasteiger partial charge >= 0.3 is 0 Å². The lowest BCUT2D eigenvalue weighted by Crippen LogP contribution is -2.54. The molecule has 3 aromatic rings. The summed E-state index contributed by atoms with van der Waals surface area (Å²) < 4.78 is 33.8. The molecule has 0 unspecified atom stereocenters. The predicted octanol–water partition coefficient (Wildman–Crippen LogP) is 5.53. The summed E-state index contributed by atoms with van der Waals surface area (Å²) in [5, 5.41) is 3.63. The molecule has 0 heterocycles. The first-order chi connectivity index (χ1) is 18.7. The van der Waals surface area contributed by atoms with Gasteiger partial charge in [-0.2, -0.15) is 0 Å². The van der Waals surface area contributed by atoms with Gasteiger partial charge in [0.25, 0.3) is 10.0 Å². The maximum Gasteiger partial charge on any atom is 0.264 e. The third-order valence-electron chi connectivity index (χ3n) is 5.99. The molecule has 8 nitrogen and oxygen atoms in total. The number of sulfonamides is 1. The zero-order valence-corrected chi connectivity index (χ0v) is 25.3. The molecule has 0 aliphatic heterocycles. The first-order valence-electron chi connectivity index (χ1n) is 12.5. The molecule has 1 atom stereocenters. The molecule has 0 saturated heterocycles. The van der Waals surface area contributed by atoms with Crippen molar-refractivity contribution < 1.29 is 22.7 Å². The second-order valence-corrected chi connectivity index (χ2v) is 12.9. The molecule has 0 spiro atoms. The lowest BCUT2D eigenvalue weighted by Gasteiger charge is -2.33. The van der Waals surface area contributed by atoms with Gasteiger partial charge < -0.3 is 15.0 Å². The Morgan fingerprint density at radius 3 is 2.15 bits per heavy atom. The van der Waals surface area contributed by atoms with Crippen LogP contribution in [0.25, 0.3) is 0 Å². The standard InChI is InChI=1S/C29H33Cl2N3O5S/c1-20(28(36)32-29(2,3)4)33(18-21-11-12-22(30)17-26(21)31)27(35)19-34(23-9-7-6-8-10-23)40(37,38)25-15-13-24(39-5)14-16-25/h6-17,20H,18-19H2,1-5H3,(H,32,36)/t20-/m0/s1. The lowest BCUT2D eigenvalue weighted by atomic mass is 10.1. The molecule has 0 bridgehead atoms. The molecule has 0 radical (unpaired) electrons. The Balaban J connectivity index is 2.03. The highest BCUT2D eigenvalue weighted by Gasteiger charge is 2.33. The number of halogens is 2. The van der Waals surface area contributed by atoms with Crippen molar-refractivity contribution in [3.63, 3.8) is 0 Å². The van der Waals surface area contributed by atoms with E-state index < -0.39 is 40.0 Å². The van der Waals surface area contributed by atoms with Crippen molar-refractivity contribution in [2.75, 3.05) is 18.0 Å². The highest BCUT2D eigenvalue weighted by Crippen LogP contribution is 2.27. The second kappa shape index (κ2) is 12.9. The molecule has 0 aliphatic carbocycles. The van der Waals surface area contributed by atoms with Crippen LogP contribution in [0.3, 0.4) is 0 Å². The minimum absolute atomic E-state index is 0.0178. The molecule has 3 rings (SSSR count). The quantitative estimate of drug-likeness (QED) is 0.328. The monoisotopic (exact) mass is 605 g/mol. The number of para-hydroxylation sites is 1. The summed E-state index contributed by atoms with van der Waals surface area (Å²) in [6, 6.07) is 18.1. The van der Waals surface area contributed by atoms with Gasteiger partial charge in [0, 0.05) is 22.1 Å². The molecule has 2 amide bonds. The first kappa shape index (κ1) is 31.3. The van der Waals surface area contributed by atoms with Gasteiger partial charge in [0.2, 0.25) is 11.8 Å². The van der Waals surface area contributed by atoms with Crippen LogP contribution < -0.4 is 14.4 Å². The van der Waals surface area contributed by atoms with Crippen LogP contribution in [0, 0.1) is 0 Å². The van der Waals surface area contributed by atoms with Crippen LogP contribution in [-0.4, -0.2) is 50.4 Å².